The molecule has 10 nitrogen and oxygen atoms in total. The fraction of sp³-hybridized carbons (Fsp3) is 0.269. The molecule has 37 heavy (non-hydrogen) atoms. The number of methoxy groups -OCH3 is 2. The van der Waals surface area contributed by atoms with Crippen LogP contribution in [-0.4, -0.2) is 54.0 Å². The Bertz CT molecular complexity index is 1340. The Kier molecular flexibility index (Phi) is 7.53. The van der Waals surface area contributed by atoms with Gasteiger partial charge in [-0.05, 0) is 35.7 Å². The Balaban J connectivity index is 1.67. The van der Waals surface area contributed by atoms with Gasteiger partial charge < -0.3 is 20.1 Å². The number of hydrogen-bond donors (Lipinski definition) is 2. The number of imide groups is 1. The molecule has 3 aromatic rings. The molecule has 0 radical (unpaired) electrons. The number of hydrogen-bond acceptors (Lipinski definition) is 8. The van der Waals surface area contributed by atoms with Crippen LogP contribution in [0, 0.1) is 6.92 Å². The van der Waals surface area contributed by atoms with Crippen LogP contribution in [-0.2, 0) is 14.3 Å². The lowest BCUT2D eigenvalue weighted by molar-refractivity contribution is -0.134. The van der Waals surface area contributed by atoms with Crippen LogP contribution in [0.1, 0.15) is 46.1 Å². The number of benzene rings is 2. The highest BCUT2D eigenvalue weighted by Gasteiger charge is 2.47. The lowest BCUT2D eigenvalue weighted by atomic mass is 9.91. The average Bonchev–Trinajstić information content (AvgIpc) is 3.48. The number of carbonyl (C=O) groups is 4. The summed E-state index contributed by atoms with van der Waals surface area (Å²) in [4.78, 5) is 57.2. The summed E-state index contributed by atoms with van der Waals surface area (Å²) in [6.45, 7) is 3.61. The number of esters is 1. The molecule has 2 heterocycles. The van der Waals surface area contributed by atoms with E-state index in [1.807, 2.05) is 37.3 Å². The van der Waals surface area contributed by atoms with E-state index in [1.165, 1.54) is 12.5 Å². The third-order valence-electron chi connectivity index (χ3n) is 6.20. The molecule has 1 aliphatic rings. The zero-order valence-corrected chi connectivity index (χ0v) is 21.5. The van der Waals surface area contributed by atoms with E-state index in [4.69, 9.17) is 4.74 Å². The van der Waals surface area contributed by atoms with E-state index >= 15 is 0 Å². The van der Waals surface area contributed by atoms with Gasteiger partial charge in [-0.2, -0.15) is 0 Å². The maximum absolute atomic E-state index is 13.6. The van der Waals surface area contributed by atoms with Gasteiger partial charge >= 0.3 is 12.0 Å². The van der Waals surface area contributed by atoms with Crippen LogP contribution in [0.5, 0.6) is 5.75 Å². The molecule has 0 aliphatic carbocycles. The summed E-state index contributed by atoms with van der Waals surface area (Å²) in [5.74, 6) is -1.70. The molecule has 2 N–H and O–H groups in total. The van der Waals surface area contributed by atoms with Gasteiger partial charge in [0.2, 0.25) is 5.91 Å². The summed E-state index contributed by atoms with van der Waals surface area (Å²) in [5, 5.41) is 6.96. The number of anilines is 1. The number of amides is 4. The largest absolute Gasteiger partial charge is 0.496 e. The summed E-state index contributed by atoms with van der Waals surface area (Å²) in [6, 6.07) is 11.5. The molecule has 1 saturated heterocycles. The highest BCUT2D eigenvalue weighted by atomic mass is 32.1. The minimum absolute atomic E-state index is 0.0420. The first-order valence-corrected chi connectivity index (χ1v) is 12.3. The van der Waals surface area contributed by atoms with Crippen molar-refractivity contribution in [1.29, 1.82) is 0 Å². The molecule has 0 unspecified atom stereocenters. The van der Waals surface area contributed by atoms with Crippen LogP contribution in [0.4, 0.5) is 9.93 Å². The van der Waals surface area contributed by atoms with Gasteiger partial charge in [0.1, 0.15) is 17.8 Å². The molecular weight excluding hydrogens is 496 g/mol. The first-order chi connectivity index (χ1) is 17.7. The van der Waals surface area contributed by atoms with E-state index in [0.29, 0.717) is 11.3 Å². The third kappa shape index (κ3) is 5.17. The molecule has 0 spiro atoms. The van der Waals surface area contributed by atoms with E-state index in [0.717, 1.165) is 27.4 Å². The van der Waals surface area contributed by atoms with Gasteiger partial charge in [-0.25, -0.2) is 19.5 Å². The van der Waals surface area contributed by atoms with Gasteiger partial charge in [-0.1, -0.05) is 43.3 Å². The van der Waals surface area contributed by atoms with Crippen LogP contribution in [0.2, 0.25) is 0 Å². The minimum Gasteiger partial charge on any atom is -0.496 e. The highest BCUT2D eigenvalue weighted by molar-refractivity contribution is 7.14. The van der Waals surface area contributed by atoms with Gasteiger partial charge in [0.25, 0.3) is 5.91 Å². The van der Waals surface area contributed by atoms with Crippen LogP contribution in [0.25, 0.3) is 0 Å². The molecular formula is C26H26N4O6S. The smallest absolute Gasteiger partial charge is 0.357 e. The molecule has 4 amide bonds. The van der Waals surface area contributed by atoms with Gasteiger partial charge in [-0.15, -0.1) is 11.3 Å². The molecule has 0 saturated carbocycles. The van der Waals surface area contributed by atoms with Crippen molar-refractivity contribution in [2.75, 3.05) is 19.5 Å². The topological polar surface area (TPSA) is 127 Å². The summed E-state index contributed by atoms with van der Waals surface area (Å²) in [6.07, 6.45) is 0. The lowest BCUT2D eigenvalue weighted by Gasteiger charge is -2.29. The summed E-state index contributed by atoms with van der Waals surface area (Å²) < 4.78 is 9.96. The molecule has 192 valence electrons. The Morgan fingerprint density at radius 3 is 2.51 bits per heavy atom. The van der Waals surface area contributed by atoms with Crippen molar-refractivity contribution in [3.8, 4) is 5.75 Å². The van der Waals surface area contributed by atoms with Crippen LogP contribution in [0.3, 0.4) is 0 Å². The van der Waals surface area contributed by atoms with Crippen LogP contribution in [0.15, 0.2) is 53.9 Å². The SMILES string of the molecule is COC(=O)c1csc(NC(=O)[C@H]([C@@H](C)c2ccccc2)N2C(=O)N[C@H](c3ccc(OC)c(C)c3)C2=O)n1. The number of rotatable bonds is 8. The Morgan fingerprint density at radius 1 is 1.14 bits per heavy atom. The quantitative estimate of drug-likeness (QED) is 0.342. The molecule has 1 aromatic heterocycles. The Labute approximate surface area is 217 Å². The molecule has 0 bridgehead atoms. The standard InChI is InChI=1S/C26H26N4O6S/c1-14-12-17(10-11-19(14)35-3)20-23(32)30(26(34)28-20)21(15(2)16-8-6-5-7-9-16)22(31)29-25-27-18(13-37-25)24(33)36-4/h5-13,15,20-21H,1-4H3,(H,28,34)(H,27,29,31)/t15-,20+,21-/m0/s1. The number of nitrogens with one attached hydrogen (secondary N) is 2. The predicted molar refractivity (Wildman–Crippen MR) is 137 cm³/mol. The molecule has 11 heteroatoms. The third-order valence-corrected chi connectivity index (χ3v) is 6.96. The maximum Gasteiger partial charge on any atom is 0.357 e. The zero-order valence-electron chi connectivity index (χ0n) is 20.7. The van der Waals surface area contributed by atoms with E-state index < -0.39 is 41.8 Å². The second-order valence-electron chi connectivity index (χ2n) is 8.48. The zero-order chi connectivity index (χ0) is 26.7. The summed E-state index contributed by atoms with van der Waals surface area (Å²) in [7, 11) is 2.78. The summed E-state index contributed by atoms with van der Waals surface area (Å²) >= 11 is 1.03. The van der Waals surface area contributed by atoms with Gasteiger partial charge in [0.05, 0.1) is 14.2 Å². The fourth-order valence-electron chi connectivity index (χ4n) is 4.28. The molecule has 2 aromatic carbocycles. The summed E-state index contributed by atoms with van der Waals surface area (Å²) in [5.41, 5.74) is 2.19. The number of carbonyl (C=O) groups excluding carboxylic acids is 4. The maximum atomic E-state index is 13.6. The highest BCUT2D eigenvalue weighted by Crippen LogP contribution is 2.32. The molecule has 1 aliphatic heterocycles. The Morgan fingerprint density at radius 2 is 1.86 bits per heavy atom. The van der Waals surface area contributed by atoms with Crippen molar-refractivity contribution in [1.82, 2.24) is 15.2 Å². The normalized spacial score (nSPS) is 16.6. The van der Waals surface area contributed by atoms with E-state index in [2.05, 4.69) is 20.4 Å². The van der Waals surface area contributed by atoms with Gasteiger partial charge in [0, 0.05) is 11.3 Å². The number of aromatic nitrogens is 1. The van der Waals surface area contributed by atoms with Crippen molar-refractivity contribution < 1.29 is 28.7 Å². The number of nitrogens with zero attached hydrogens (tertiary/aromatic N) is 2. The number of urea groups is 1. The van der Waals surface area contributed by atoms with Crippen molar-refractivity contribution in [2.24, 2.45) is 0 Å². The van der Waals surface area contributed by atoms with E-state index in [9.17, 15) is 19.2 Å². The van der Waals surface area contributed by atoms with Crippen molar-refractivity contribution in [3.63, 3.8) is 0 Å². The molecule has 3 atom stereocenters. The molecule has 4 rings (SSSR count). The second-order valence-corrected chi connectivity index (χ2v) is 9.34. The average molecular weight is 523 g/mol. The van der Waals surface area contributed by atoms with Gasteiger partial charge in [-0.3, -0.25) is 9.59 Å². The lowest BCUT2D eigenvalue weighted by Crippen LogP contribution is -2.50. The molecule has 1 fully saturated rings. The van der Waals surface area contributed by atoms with Crippen molar-refractivity contribution in [2.45, 2.75) is 31.8 Å². The fourth-order valence-corrected chi connectivity index (χ4v) is 4.96. The van der Waals surface area contributed by atoms with Crippen LogP contribution < -0.4 is 15.4 Å². The predicted octanol–water partition coefficient (Wildman–Crippen LogP) is 3.65. The van der Waals surface area contributed by atoms with E-state index in [-0.39, 0.29) is 10.8 Å². The van der Waals surface area contributed by atoms with Crippen molar-refractivity contribution in [3.05, 3.63) is 76.3 Å². The van der Waals surface area contributed by atoms with Crippen LogP contribution >= 0.6 is 11.3 Å². The second kappa shape index (κ2) is 10.8. The number of ether oxygens (including phenoxy) is 2. The minimum atomic E-state index is -1.19. The van der Waals surface area contributed by atoms with E-state index in [1.54, 1.807) is 32.2 Å². The van der Waals surface area contributed by atoms with Crippen molar-refractivity contribution >= 4 is 40.3 Å². The number of thiazole rings is 1. The first-order valence-electron chi connectivity index (χ1n) is 11.4. The Hall–Kier alpha value is -4.25. The van der Waals surface area contributed by atoms with Gasteiger partial charge in [0.15, 0.2) is 10.8 Å². The monoisotopic (exact) mass is 522 g/mol. The first kappa shape index (κ1) is 25.8. The number of aryl methyl sites for hydroxylation is 1.